The number of methoxy groups -OCH3 is 1. The molecule has 0 aliphatic carbocycles. The zero-order valence-electron chi connectivity index (χ0n) is 8.14. The molecule has 0 saturated carbocycles. The molecule has 1 heterocycles. The molecule has 0 N–H and O–H groups in total. The summed E-state index contributed by atoms with van der Waals surface area (Å²) >= 11 is 8.42. The zero-order chi connectivity index (χ0) is 12.3. The summed E-state index contributed by atoms with van der Waals surface area (Å²) in [6.07, 6.45) is -1.60. The van der Waals surface area contributed by atoms with Gasteiger partial charge in [0, 0.05) is 17.6 Å². The van der Waals surface area contributed by atoms with Crippen LogP contribution in [0.2, 0.25) is 0 Å². The summed E-state index contributed by atoms with van der Waals surface area (Å²) in [6.45, 7) is 0. The van der Waals surface area contributed by atoms with Gasteiger partial charge in [-0.05, 0) is 21.5 Å². The molecular formula is C9H7BrClF2NO2. The standard InChI is InChI=1S/C9H7BrClF2NO2/c1-16-9(15)7-6(10)5(8(12)13)4(2-11)3-14-7/h3,8H,2H2,1H3. The highest BCUT2D eigenvalue weighted by atomic mass is 79.9. The number of nitrogens with zero attached hydrogens (tertiary/aromatic N) is 1. The average molecular weight is 315 g/mol. The van der Waals surface area contributed by atoms with Gasteiger partial charge >= 0.3 is 5.97 Å². The fraction of sp³-hybridized carbons (Fsp3) is 0.333. The second-order valence-corrected chi connectivity index (χ2v) is 3.85. The van der Waals surface area contributed by atoms with Crippen molar-refractivity contribution in [3.05, 3.63) is 27.5 Å². The lowest BCUT2D eigenvalue weighted by molar-refractivity contribution is 0.0592. The Balaban J connectivity index is 3.37. The molecule has 0 fully saturated rings. The van der Waals surface area contributed by atoms with Crippen LogP contribution >= 0.6 is 27.5 Å². The lowest BCUT2D eigenvalue weighted by Crippen LogP contribution is -2.09. The number of ether oxygens (including phenoxy) is 1. The quantitative estimate of drug-likeness (QED) is 0.635. The highest BCUT2D eigenvalue weighted by molar-refractivity contribution is 9.10. The van der Waals surface area contributed by atoms with Crippen LogP contribution in [-0.4, -0.2) is 18.1 Å². The SMILES string of the molecule is COC(=O)c1ncc(CCl)c(C(F)F)c1Br. The van der Waals surface area contributed by atoms with Gasteiger partial charge in [0.15, 0.2) is 5.69 Å². The lowest BCUT2D eigenvalue weighted by Gasteiger charge is -2.10. The van der Waals surface area contributed by atoms with Crippen LogP contribution in [0.1, 0.15) is 28.0 Å². The van der Waals surface area contributed by atoms with Crippen molar-refractivity contribution in [2.75, 3.05) is 7.11 Å². The van der Waals surface area contributed by atoms with Gasteiger partial charge in [-0.25, -0.2) is 18.6 Å². The smallest absolute Gasteiger partial charge is 0.357 e. The number of aromatic nitrogens is 1. The summed E-state index contributed by atoms with van der Waals surface area (Å²) in [7, 11) is 1.15. The van der Waals surface area contributed by atoms with E-state index in [1.165, 1.54) is 0 Å². The fourth-order valence-electron chi connectivity index (χ4n) is 1.12. The molecule has 0 amide bonds. The van der Waals surface area contributed by atoms with E-state index in [9.17, 15) is 13.6 Å². The van der Waals surface area contributed by atoms with Gasteiger partial charge in [0.2, 0.25) is 0 Å². The highest BCUT2D eigenvalue weighted by Gasteiger charge is 2.23. The number of carbonyl (C=O) groups excluding carboxylic acids is 1. The van der Waals surface area contributed by atoms with Crippen molar-refractivity contribution in [3.63, 3.8) is 0 Å². The number of hydrogen-bond donors (Lipinski definition) is 0. The van der Waals surface area contributed by atoms with E-state index in [4.69, 9.17) is 11.6 Å². The van der Waals surface area contributed by atoms with Gasteiger partial charge in [-0.3, -0.25) is 0 Å². The van der Waals surface area contributed by atoms with Gasteiger partial charge in [0.1, 0.15) is 0 Å². The van der Waals surface area contributed by atoms with E-state index in [-0.39, 0.29) is 27.2 Å². The first-order chi connectivity index (χ1) is 7.52. The lowest BCUT2D eigenvalue weighted by atomic mass is 10.1. The topological polar surface area (TPSA) is 39.2 Å². The predicted molar refractivity (Wildman–Crippen MR) is 57.8 cm³/mol. The number of pyridine rings is 1. The van der Waals surface area contributed by atoms with Crippen molar-refractivity contribution in [3.8, 4) is 0 Å². The first kappa shape index (κ1) is 13.3. The molecule has 0 saturated heterocycles. The van der Waals surface area contributed by atoms with Gasteiger partial charge in [-0.2, -0.15) is 0 Å². The summed E-state index contributed by atoms with van der Waals surface area (Å²) in [6, 6.07) is 0. The Kier molecular flexibility index (Phi) is 4.61. The van der Waals surface area contributed by atoms with E-state index in [0.717, 1.165) is 13.3 Å². The van der Waals surface area contributed by atoms with Crippen LogP contribution in [0.4, 0.5) is 8.78 Å². The van der Waals surface area contributed by atoms with E-state index in [2.05, 4.69) is 25.7 Å². The third kappa shape index (κ3) is 2.49. The summed E-state index contributed by atoms with van der Waals surface area (Å²) in [5.74, 6) is -0.887. The molecule has 1 aromatic rings. The minimum atomic E-state index is -2.74. The van der Waals surface area contributed by atoms with Crippen LogP contribution in [-0.2, 0) is 10.6 Å². The van der Waals surface area contributed by atoms with Crippen LogP contribution in [0.3, 0.4) is 0 Å². The number of carbonyl (C=O) groups is 1. The summed E-state index contributed by atoms with van der Waals surface area (Å²) in [5, 5.41) is 0. The number of halogens is 4. The van der Waals surface area contributed by atoms with Crippen molar-refractivity contribution < 1.29 is 18.3 Å². The minimum absolute atomic E-state index is 0.0764. The Hall–Kier alpha value is -0.750. The third-order valence-electron chi connectivity index (χ3n) is 1.88. The zero-order valence-corrected chi connectivity index (χ0v) is 10.5. The highest BCUT2D eigenvalue weighted by Crippen LogP contribution is 2.33. The van der Waals surface area contributed by atoms with Crippen molar-refractivity contribution >= 4 is 33.5 Å². The molecule has 3 nitrogen and oxygen atoms in total. The molecule has 0 aliphatic heterocycles. The van der Waals surface area contributed by atoms with Crippen molar-refractivity contribution in [1.29, 1.82) is 0 Å². The molecule has 16 heavy (non-hydrogen) atoms. The van der Waals surface area contributed by atoms with Gasteiger partial charge in [-0.15, -0.1) is 11.6 Å². The van der Waals surface area contributed by atoms with E-state index < -0.39 is 12.4 Å². The van der Waals surface area contributed by atoms with E-state index in [0.29, 0.717) is 0 Å². The largest absolute Gasteiger partial charge is 0.464 e. The summed E-state index contributed by atoms with van der Waals surface area (Å²) in [5.41, 5.74) is -0.340. The number of alkyl halides is 3. The van der Waals surface area contributed by atoms with Gasteiger partial charge in [-0.1, -0.05) is 0 Å². The molecule has 0 bridgehead atoms. The molecule has 88 valence electrons. The number of esters is 1. The van der Waals surface area contributed by atoms with Gasteiger partial charge in [0.25, 0.3) is 6.43 Å². The molecule has 0 spiro atoms. The molecule has 0 atom stereocenters. The Morgan fingerprint density at radius 3 is 2.75 bits per heavy atom. The summed E-state index contributed by atoms with van der Waals surface area (Å²) in [4.78, 5) is 14.9. The molecule has 0 radical (unpaired) electrons. The molecule has 0 aliphatic rings. The molecule has 7 heteroatoms. The van der Waals surface area contributed by atoms with Gasteiger partial charge in [0.05, 0.1) is 11.6 Å². The van der Waals surface area contributed by atoms with Crippen molar-refractivity contribution in [1.82, 2.24) is 4.98 Å². The maximum Gasteiger partial charge on any atom is 0.357 e. The first-order valence-corrected chi connectivity index (χ1v) is 5.45. The van der Waals surface area contributed by atoms with E-state index in [1.807, 2.05) is 0 Å². The van der Waals surface area contributed by atoms with E-state index >= 15 is 0 Å². The molecule has 0 aromatic carbocycles. The van der Waals surface area contributed by atoms with Crippen molar-refractivity contribution in [2.24, 2.45) is 0 Å². The van der Waals surface area contributed by atoms with E-state index in [1.54, 1.807) is 0 Å². The van der Waals surface area contributed by atoms with Crippen LogP contribution in [0.25, 0.3) is 0 Å². The second-order valence-electron chi connectivity index (χ2n) is 2.79. The third-order valence-corrected chi connectivity index (χ3v) is 2.97. The maximum absolute atomic E-state index is 12.8. The van der Waals surface area contributed by atoms with Gasteiger partial charge < -0.3 is 4.74 Å². The Bertz CT molecular complexity index is 415. The molecule has 1 rings (SSSR count). The summed E-state index contributed by atoms with van der Waals surface area (Å²) < 4.78 is 29.8. The predicted octanol–water partition coefficient (Wildman–Crippen LogP) is 3.31. The first-order valence-electron chi connectivity index (χ1n) is 4.12. The molecule has 0 unspecified atom stereocenters. The van der Waals surface area contributed by atoms with Crippen LogP contribution < -0.4 is 0 Å². The van der Waals surface area contributed by atoms with Crippen LogP contribution in [0.15, 0.2) is 10.7 Å². The second kappa shape index (κ2) is 5.54. The Morgan fingerprint density at radius 2 is 2.31 bits per heavy atom. The molecular weight excluding hydrogens is 307 g/mol. The number of rotatable bonds is 3. The minimum Gasteiger partial charge on any atom is -0.464 e. The Morgan fingerprint density at radius 1 is 1.69 bits per heavy atom. The average Bonchev–Trinajstić information content (AvgIpc) is 2.26. The van der Waals surface area contributed by atoms with Crippen LogP contribution in [0, 0.1) is 0 Å². The number of hydrogen-bond acceptors (Lipinski definition) is 3. The normalized spacial score (nSPS) is 10.6. The Labute approximate surface area is 104 Å². The fourth-order valence-corrected chi connectivity index (χ4v) is 2.02. The molecule has 1 aromatic heterocycles. The monoisotopic (exact) mass is 313 g/mol. The van der Waals surface area contributed by atoms with Crippen LogP contribution in [0.5, 0.6) is 0 Å². The maximum atomic E-state index is 12.8. The van der Waals surface area contributed by atoms with Crippen molar-refractivity contribution in [2.45, 2.75) is 12.3 Å².